The van der Waals surface area contributed by atoms with Crippen LogP contribution >= 0.6 is 11.3 Å². The molecule has 0 saturated heterocycles. The van der Waals surface area contributed by atoms with Crippen molar-refractivity contribution in [2.75, 3.05) is 12.4 Å². The molecule has 4 aromatic rings. The summed E-state index contributed by atoms with van der Waals surface area (Å²) in [6, 6.07) is 19.4. The van der Waals surface area contributed by atoms with E-state index < -0.39 is 0 Å². The Hall–Kier alpha value is -3.45. The highest BCUT2D eigenvalue weighted by molar-refractivity contribution is 7.15. The molecule has 0 aliphatic heterocycles. The molecule has 0 atom stereocenters. The van der Waals surface area contributed by atoms with E-state index >= 15 is 0 Å². The summed E-state index contributed by atoms with van der Waals surface area (Å²) in [6.07, 6.45) is 1.67. The van der Waals surface area contributed by atoms with Crippen LogP contribution in [0.25, 0.3) is 10.4 Å². The first-order valence-electron chi connectivity index (χ1n) is 9.13. The Bertz CT molecular complexity index is 1120. The van der Waals surface area contributed by atoms with E-state index in [0.29, 0.717) is 18.1 Å². The van der Waals surface area contributed by atoms with Crippen molar-refractivity contribution in [2.45, 2.75) is 13.5 Å². The van der Waals surface area contributed by atoms with Crippen LogP contribution in [0.15, 0.2) is 66.9 Å². The molecule has 0 unspecified atom stereocenters. The molecule has 0 saturated carbocycles. The summed E-state index contributed by atoms with van der Waals surface area (Å²) in [5.74, 6) is 1.18. The highest BCUT2D eigenvalue weighted by Crippen LogP contribution is 2.30. The SMILES string of the molecule is COc1ccc(Cn2nccc2NC(=O)c2nc(C)sc2-c2ccccc2)cc1. The first kappa shape index (κ1) is 18.9. The van der Waals surface area contributed by atoms with Crippen LogP contribution in [0.1, 0.15) is 21.1 Å². The maximum Gasteiger partial charge on any atom is 0.276 e. The third-order valence-electron chi connectivity index (χ3n) is 4.43. The zero-order valence-corrected chi connectivity index (χ0v) is 16.9. The van der Waals surface area contributed by atoms with Crippen molar-refractivity contribution in [2.24, 2.45) is 0 Å². The van der Waals surface area contributed by atoms with Crippen molar-refractivity contribution in [3.63, 3.8) is 0 Å². The van der Waals surface area contributed by atoms with E-state index in [2.05, 4.69) is 15.4 Å². The van der Waals surface area contributed by atoms with Gasteiger partial charge in [-0.15, -0.1) is 11.3 Å². The standard InChI is InChI=1S/C22H20N4O2S/c1-15-24-20(21(29-15)17-6-4-3-5-7-17)22(27)25-19-12-13-23-26(19)14-16-8-10-18(28-2)11-9-16/h3-13H,14H2,1-2H3,(H,25,27). The number of amides is 1. The maximum atomic E-state index is 13.0. The van der Waals surface area contributed by atoms with E-state index in [1.165, 1.54) is 11.3 Å². The molecular weight excluding hydrogens is 384 g/mol. The van der Waals surface area contributed by atoms with Crippen molar-refractivity contribution >= 4 is 23.1 Å². The number of nitrogens with zero attached hydrogens (tertiary/aromatic N) is 3. The topological polar surface area (TPSA) is 69.0 Å². The number of carbonyl (C=O) groups excluding carboxylic acids is 1. The lowest BCUT2D eigenvalue weighted by atomic mass is 10.1. The molecule has 6 nitrogen and oxygen atoms in total. The van der Waals surface area contributed by atoms with Gasteiger partial charge in [0.1, 0.15) is 17.3 Å². The molecule has 0 aliphatic rings. The maximum absolute atomic E-state index is 13.0. The number of ether oxygens (including phenoxy) is 1. The monoisotopic (exact) mass is 404 g/mol. The molecule has 0 radical (unpaired) electrons. The van der Waals surface area contributed by atoms with Gasteiger partial charge in [-0.1, -0.05) is 42.5 Å². The van der Waals surface area contributed by atoms with E-state index in [1.54, 1.807) is 24.1 Å². The molecule has 1 amide bonds. The molecule has 1 N–H and O–H groups in total. The second kappa shape index (κ2) is 8.28. The van der Waals surface area contributed by atoms with Crippen LogP contribution in [-0.4, -0.2) is 27.8 Å². The number of anilines is 1. The number of methoxy groups -OCH3 is 1. The number of rotatable bonds is 6. The molecule has 4 rings (SSSR count). The molecule has 0 aliphatic carbocycles. The van der Waals surface area contributed by atoms with Gasteiger partial charge >= 0.3 is 0 Å². The second-order valence-electron chi connectivity index (χ2n) is 6.45. The Morgan fingerprint density at radius 3 is 2.59 bits per heavy atom. The van der Waals surface area contributed by atoms with Crippen LogP contribution in [0.5, 0.6) is 5.75 Å². The van der Waals surface area contributed by atoms with E-state index in [4.69, 9.17) is 4.74 Å². The number of thiazole rings is 1. The molecule has 2 aromatic carbocycles. The van der Waals surface area contributed by atoms with Crippen LogP contribution in [0.4, 0.5) is 5.82 Å². The van der Waals surface area contributed by atoms with Crippen LogP contribution < -0.4 is 10.1 Å². The highest BCUT2D eigenvalue weighted by atomic mass is 32.1. The van der Waals surface area contributed by atoms with Gasteiger partial charge in [0.05, 0.1) is 29.7 Å². The van der Waals surface area contributed by atoms with Crippen LogP contribution in [0, 0.1) is 6.92 Å². The molecule has 2 heterocycles. The smallest absolute Gasteiger partial charge is 0.276 e. The summed E-state index contributed by atoms with van der Waals surface area (Å²) in [6.45, 7) is 2.44. The number of benzene rings is 2. The first-order chi connectivity index (χ1) is 14.1. The lowest BCUT2D eigenvalue weighted by Gasteiger charge is -2.10. The predicted octanol–water partition coefficient (Wildman–Crippen LogP) is 4.62. The van der Waals surface area contributed by atoms with E-state index in [9.17, 15) is 4.79 Å². The minimum Gasteiger partial charge on any atom is -0.497 e. The molecule has 7 heteroatoms. The Kier molecular flexibility index (Phi) is 5.39. The van der Waals surface area contributed by atoms with E-state index in [-0.39, 0.29) is 5.91 Å². The highest BCUT2D eigenvalue weighted by Gasteiger charge is 2.19. The Morgan fingerprint density at radius 2 is 1.86 bits per heavy atom. The Balaban J connectivity index is 1.55. The largest absolute Gasteiger partial charge is 0.497 e. The Labute approximate surface area is 172 Å². The number of aromatic nitrogens is 3. The van der Waals surface area contributed by atoms with Crippen LogP contribution in [0.2, 0.25) is 0 Å². The van der Waals surface area contributed by atoms with Gasteiger partial charge in [-0.05, 0) is 30.2 Å². The van der Waals surface area contributed by atoms with Gasteiger partial charge in [0.25, 0.3) is 5.91 Å². The lowest BCUT2D eigenvalue weighted by molar-refractivity contribution is 0.102. The van der Waals surface area contributed by atoms with Crippen LogP contribution in [-0.2, 0) is 6.54 Å². The van der Waals surface area contributed by atoms with Gasteiger partial charge in [0.2, 0.25) is 0 Å². The van der Waals surface area contributed by atoms with Crippen molar-refractivity contribution in [3.05, 3.63) is 83.1 Å². The minimum atomic E-state index is -0.246. The summed E-state index contributed by atoms with van der Waals surface area (Å²) in [7, 11) is 1.64. The minimum absolute atomic E-state index is 0.246. The number of aryl methyl sites for hydroxylation is 1. The fraction of sp³-hybridized carbons (Fsp3) is 0.136. The fourth-order valence-corrected chi connectivity index (χ4v) is 3.93. The summed E-state index contributed by atoms with van der Waals surface area (Å²) < 4.78 is 6.95. The quantitative estimate of drug-likeness (QED) is 0.509. The van der Waals surface area contributed by atoms with Gasteiger partial charge in [-0.2, -0.15) is 5.10 Å². The first-order valence-corrected chi connectivity index (χ1v) is 9.94. The second-order valence-corrected chi connectivity index (χ2v) is 7.66. The third kappa shape index (κ3) is 4.20. The van der Waals surface area contributed by atoms with Gasteiger partial charge < -0.3 is 10.1 Å². The molecule has 0 fully saturated rings. The van der Waals surface area contributed by atoms with Gasteiger partial charge in [0, 0.05) is 6.07 Å². The lowest BCUT2D eigenvalue weighted by Crippen LogP contribution is -2.17. The number of hydrogen-bond donors (Lipinski definition) is 1. The normalized spacial score (nSPS) is 10.7. The van der Waals surface area contributed by atoms with Crippen molar-refractivity contribution < 1.29 is 9.53 Å². The van der Waals surface area contributed by atoms with E-state index in [0.717, 1.165) is 26.8 Å². The summed E-state index contributed by atoms with van der Waals surface area (Å²) in [4.78, 5) is 18.3. The fourth-order valence-electron chi connectivity index (χ4n) is 3.01. The average Bonchev–Trinajstić information content (AvgIpc) is 3.35. The number of carbonyl (C=O) groups is 1. The number of hydrogen-bond acceptors (Lipinski definition) is 5. The van der Waals surface area contributed by atoms with Gasteiger partial charge in [-0.25, -0.2) is 9.67 Å². The average molecular weight is 404 g/mol. The van der Waals surface area contributed by atoms with Crippen molar-refractivity contribution in [1.82, 2.24) is 14.8 Å². The van der Waals surface area contributed by atoms with E-state index in [1.807, 2.05) is 61.5 Å². The van der Waals surface area contributed by atoms with Crippen molar-refractivity contribution in [3.8, 4) is 16.2 Å². The third-order valence-corrected chi connectivity index (χ3v) is 5.45. The zero-order valence-electron chi connectivity index (χ0n) is 16.1. The molecule has 146 valence electrons. The molecule has 0 spiro atoms. The molecule has 2 aromatic heterocycles. The number of nitrogens with one attached hydrogen (secondary N) is 1. The summed E-state index contributed by atoms with van der Waals surface area (Å²) in [5.41, 5.74) is 2.46. The van der Waals surface area contributed by atoms with Crippen molar-refractivity contribution in [1.29, 1.82) is 0 Å². The molecular formula is C22H20N4O2S. The zero-order chi connectivity index (χ0) is 20.2. The molecule has 29 heavy (non-hydrogen) atoms. The predicted molar refractivity (Wildman–Crippen MR) is 115 cm³/mol. The summed E-state index contributed by atoms with van der Waals surface area (Å²) in [5, 5.41) is 8.14. The van der Waals surface area contributed by atoms with Gasteiger partial charge in [-0.3, -0.25) is 4.79 Å². The van der Waals surface area contributed by atoms with Crippen LogP contribution in [0.3, 0.4) is 0 Å². The summed E-state index contributed by atoms with van der Waals surface area (Å²) >= 11 is 1.51. The molecule has 0 bridgehead atoms. The van der Waals surface area contributed by atoms with Gasteiger partial charge in [0.15, 0.2) is 0 Å². The Morgan fingerprint density at radius 1 is 1.10 bits per heavy atom.